The fraction of sp³-hybridized carbons (Fsp3) is 0.938. The van der Waals surface area contributed by atoms with Gasteiger partial charge >= 0.3 is 0 Å². The summed E-state index contributed by atoms with van der Waals surface area (Å²) in [4.78, 5) is 4.50. The summed E-state index contributed by atoms with van der Waals surface area (Å²) in [7, 11) is 0. The Morgan fingerprint density at radius 2 is 1.95 bits per heavy atom. The number of aliphatic hydroxyl groups excluding tert-OH is 1. The standard InChI is InChI=1S/C16H33N3O.HI/c1-3-17-16(19-12-14(2)13-20)18-11-7-10-15-8-5-4-6-9-15;/h14-15,20H,3-13H2,1-2H3,(H2,17,18,19);1H. The lowest BCUT2D eigenvalue weighted by molar-refractivity contribution is 0.241. The van der Waals surface area contributed by atoms with Gasteiger partial charge in [-0.05, 0) is 31.6 Å². The summed E-state index contributed by atoms with van der Waals surface area (Å²) in [6, 6.07) is 0. The average molecular weight is 411 g/mol. The van der Waals surface area contributed by atoms with E-state index in [2.05, 4.69) is 22.5 Å². The molecule has 1 fully saturated rings. The first-order valence-electron chi connectivity index (χ1n) is 8.39. The van der Waals surface area contributed by atoms with Crippen LogP contribution in [0.4, 0.5) is 0 Å². The van der Waals surface area contributed by atoms with Crippen LogP contribution in [-0.4, -0.2) is 37.3 Å². The average Bonchev–Trinajstić information content (AvgIpc) is 2.49. The van der Waals surface area contributed by atoms with Crippen molar-refractivity contribution >= 4 is 29.9 Å². The highest BCUT2D eigenvalue weighted by Crippen LogP contribution is 2.26. The van der Waals surface area contributed by atoms with Gasteiger partial charge in [-0.15, -0.1) is 24.0 Å². The molecule has 5 heteroatoms. The smallest absolute Gasteiger partial charge is 0.191 e. The van der Waals surface area contributed by atoms with Gasteiger partial charge in [-0.25, -0.2) is 0 Å². The first-order valence-corrected chi connectivity index (χ1v) is 8.39. The van der Waals surface area contributed by atoms with Gasteiger partial charge in [-0.3, -0.25) is 4.99 Å². The lowest BCUT2D eigenvalue weighted by atomic mass is 9.86. The maximum absolute atomic E-state index is 9.03. The molecule has 0 aromatic carbocycles. The van der Waals surface area contributed by atoms with Crippen LogP contribution in [0.3, 0.4) is 0 Å². The molecule has 0 heterocycles. The minimum absolute atomic E-state index is 0. The van der Waals surface area contributed by atoms with Crippen molar-refractivity contribution < 1.29 is 5.11 Å². The Morgan fingerprint density at radius 3 is 2.57 bits per heavy atom. The Morgan fingerprint density at radius 1 is 1.24 bits per heavy atom. The van der Waals surface area contributed by atoms with Crippen LogP contribution in [0, 0.1) is 11.8 Å². The van der Waals surface area contributed by atoms with Crippen LogP contribution in [0.5, 0.6) is 0 Å². The second-order valence-electron chi connectivity index (χ2n) is 6.08. The molecule has 0 bridgehead atoms. The molecule has 1 saturated carbocycles. The van der Waals surface area contributed by atoms with Crippen LogP contribution < -0.4 is 10.6 Å². The topological polar surface area (TPSA) is 56.7 Å². The number of halogens is 1. The second-order valence-corrected chi connectivity index (χ2v) is 6.08. The van der Waals surface area contributed by atoms with Crippen LogP contribution in [-0.2, 0) is 0 Å². The number of nitrogens with one attached hydrogen (secondary N) is 2. The van der Waals surface area contributed by atoms with E-state index in [9.17, 15) is 0 Å². The van der Waals surface area contributed by atoms with Gasteiger partial charge < -0.3 is 15.7 Å². The van der Waals surface area contributed by atoms with Crippen molar-refractivity contribution in [3.8, 4) is 0 Å². The lowest BCUT2D eigenvalue weighted by Gasteiger charge is -2.21. The molecule has 0 radical (unpaired) electrons. The van der Waals surface area contributed by atoms with Crippen molar-refractivity contribution in [2.45, 2.75) is 58.8 Å². The molecule has 1 rings (SSSR count). The molecule has 3 N–H and O–H groups in total. The summed E-state index contributed by atoms with van der Waals surface area (Å²) in [5.41, 5.74) is 0. The summed E-state index contributed by atoms with van der Waals surface area (Å²) in [6.45, 7) is 6.84. The van der Waals surface area contributed by atoms with Crippen LogP contribution in [0.25, 0.3) is 0 Å². The van der Waals surface area contributed by atoms with E-state index in [0.29, 0.717) is 6.54 Å². The molecule has 126 valence electrons. The highest BCUT2D eigenvalue weighted by atomic mass is 127. The molecule has 4 nitrogen and oxygen atoms in total. The van der Waals surface area contributed by atoms with E-state index in [4.69, 9.17) is 5.11 Å². The molecule has 0 aromatic rings. The minimum Gasteiger partial charge on any atom is -0.396 e. The molecule has 1 atom stereocenters. The highest BCUT2D eigenvalue weighted by Gasteiger charge is 2.12. The maximum Gasteiger partial charge on any atom is 0.191 e. The number of nitrogens with zero attached hydrogens (tertiary/aromatic N) is 1. The van der Waals surface area contributed by atoms with Crippen LogP contribution in [0.1, 0.15) is 58.8 Å². The fourth-order valence-electron chi connectivity index (χ4n) is 2.72. The summed E-state index contributed by atoms with van der Waals surface area (Å²) in [6.07, 6.45) is 9.74. The molecule has 1 unspecified atom stereocenters. The third kappa shape index (κ3) is 10.3. The van der Waals surface area contributed by atoms with Crippen LogP contribution >= 0.6 is 24.0 Å². The molecule has 0 amide bonds. The first-order chi connectivity index (χ1) is 9.76. The number of rotatable bonds is 8. The lowest BCUT2D eigenvalue weighted by Crippen LogP contribution is -2.38. The van der Waals surface area contributed by atoms with Gasteiger partial charge in [0.2, 0.25) is 0 Å². The molecule has 0 aromatic heterocycles. The van der Waals surface area contributed by atoms with E-state index in [-0.39, 0.29) is 36.5 Å². The SMILES string of the molecule is CCNC(=NCC(C)CO)NCCCC1CCCCC1.I. The molecule has 0 saturated heterocycles. The van der Waals surface area contributed by atoms with E-state index in [1.807, 2.05) is 6.92 Å². The van der Waals surface area contributed by atoms with E-state index in [1.54, 1.807) is 0 Å². The fourth-order valence-corrected chi connectivity index (χ4v) is 2.72. The predicted molar refractivity (Wildman–Crippen MR) is 101 cm³/mol. The summed E-state index contributed by atoms with van der Waals surface area (Å²) < 4.78 is 0. The molecule has 0 spiro atoms. The van der Waals surface area contributed by atoms with Crippen molar-refractivity contribution in [3.05, 3.63) is 0 Å². The summed E-state index contributed by atoms with van der Waals surface area (Å²) >= 11 is 0. The van der Waals surface area contributed by atoms with Crippen molar-refractivity contribution in [3.63, 3.8) is 0 Å². The zero-order valence-corrected chi connectivity index (χ0v) is 16.1. The summed E-state index contributed by atoms with van der Waals surface area (Å²) in [5.74, 6) is 2.07. The molecule has 1 aliphatic rings. The number of hydrogen-bond acceptors (Lipinski definition) is 2. The van der Waals surface area contributed by atoms with E-state index in [0.717, 1.165) is 25.0 Å². The number of guanidine groups is 1. The van der Waals surface area contributed by atoms with Crippen LogP contribution in [0.15, 0.2) is 4.99 Å². The van der Waals surface area contributed by atoms with E-state index < -0.39 is 0 Å². The van der Waals surface area contributed by atoms with Crippen LogP contribution in [0.2, 0.25) is 0 Å². The highest BCUT2D eigenvalue weighted by molar-refractivity contribution is 14.0. The molecule has 21 heavy (non-hydrogen) atoms. The van der Waals surface area contributed by atoms with E-state index >= 15 is 0 Å². The van der Waals surface area contributed by atoms with Gasteiger partial charge in [0.25, 0.3) is 0 Å². The van der Waals surface area contributed by atoms with Gasteiger partial charge in [0.05, 0.1) is 0 Å². The van der Waals surface area contributed by atoms with Gasteiger partial charge in [-0.1, -0.05) is 39.0 Å². The molecular formula is C16H34IN3O. The maximum atomic E-state index is 9.03. The van der Waals surface area contributed by atoms with Gasteiger partial charge in [0.1, 0.15) is 0 Å². The normalized spacial score (nSPS) is 18.0. The molecule has 0 aliphatic heterocycles. The monoisotopic (exact) mass is 411 g/mol. The third-order valence-electron chi connectivity index (χ3n) is 4.02. The first kappa shape index (κ1) is 21.0. The van der Waals surface area contributed by atoms with Crippen molar-refractivity contribution in [1.29, 1.82) is 0 Å². The van der Waals surface area contributed by atoms with Crippen molar-refractivity contribution in [2.75, 3.05) is 26.2 Å². The Balaban J connectivity index is 0.00000400. The largest absolute Gasteiger partial charge is 0.396 e. The number of aliphatic imine (C=N–C) groups is 1. The van der Waals surface area contributed by atoms with Crippen molar-refractivity contribution in [1.82, 2.24) is 10.6 Å². The van der Waals surface area contributed by atoms with Crippen molar-refractivity contribution in [2.24, 2.45) is 16.8 Å². The molecular weight excluding hydrogens is 377 g/mol. The zero-order valence-electron chi connectivity index (χ0n) is 13.7. The van der Waals surface area contributed by atoms with E-state index in [1.165, 1.54) is 44.9 Å². The number of hydrogen-bond donors (Lipinski definition) is 3. The zero-order chi connectivity index (χ0) is 14.6. The van der Waals surface area contributed by atoms with Gasteiger partial charge in [0.15, 0.2) is 5.96 Å². The Bertz CT molecular complexity index is 268. The minimum atomic E-state index is 0. The molecule has 1 aliphatic carbocycles. The third-order valence-corrected chi connectivity index (χ3v) is 4.02. The summed E-state index contributed by atoms with van der Waals surface area (Å²) in [5, 5.41) is 15.7. The van der Waals surface area contributed by atoms with Gasteiger partial charge in [0, 0.05) is 26.2 Å². The Kier molecular flexibility index (Phi) is 13.6. The Labute approximate surface area is 147 Å². The second kappa shape index (κ2) is 13.6. The predicted octanol–water partition coefficient (Wildman–Crippen LogP) is 3.15. The Hall–Kier alpha value is -0.0400. The van der Waals surface area contributed by atoms with Gasteiger partial charge in [-0.2, -0.15) is 0 Å². The quantitative estimate of drug-likeness (QED) is 0.249. The number of aliphatic hydroxyl groups is 1.